The highest BCUT2D eigenvalue weighted by atomic mass is 35.5. The maximum atomic E-state index is 13.6. The van der Waals surface area contributed by atoms with Gasteiger partial charge in [0.25, 0.3) is 0 Å². The lowest BCUT2D eigenvalue weighted by Gasteiger charge is -2.40. The highest BCUT2D eigenvalue weighted by Gasteiger charge is 2.51. The molecule has 2 atom stereocenters. The SMILES string of the molecule is O=CC[C@H]1C(c2ccccc2)=CCC[C@@]12CC/C(=C\c1ccc(Cl)c(Cl)c1)C2=O. The normalized spacial score (nSPS) is 25.4. The summed E-state index contributed by atoms with van der Waals surface area (Å²) in [5, 5.41) is 0.978. The minimum atomic E-state index is -0.497. The van der Waals surface area contributed by atoms with Crippen molar-refractivity contribution in [3.8, 4) is 0 Å². The van der Waals surface area contributed by atoms with E-state index in [0.717, 1.165) is 54.2 Å². The molecule has 0 radical (unpaired) electrons. The summed E-state index contributed by atoms with van der Waals surface area (Å²) in [6, 6.07) is 15.5. The molecule has 1 spiro atoms. The van der Waals surface area contributed by atoms with Crippen molar-refractivity contribution in [2.45, 2.75) is 32.1 Å². The van der Waals surface area contributed by atoms with Crippen LogP contribution in [0.15, 0.2) is 60.2 Å². The summed E-state index contributed by atoms with van der Waals surface area (Å²) in [5.41, 5.74) is 3.43. The van der Waals surface area contributed by atoms with E-state index in [-0.39, 0.29) is 11.7 Å². The van der Waals surface area contributed by atoms with Crippen LogP contribution in [0.3, 0.4) is 0 Å². The van der Waals surface area contributed by atoms with Gasteiger partial charge in [0.15, 0.2) is 5.78 Å². The van der Waals surface area contributed by atoms with E-state index in [2.05, 4.69) is 18.2 Å². The molecule has 0 unspecified atom stereocenters. The summed E-state index contributed by atoms with van der Waals surface area (Å²) >= 11 is 12.1. The Morgan fingerprint density at radius 2 is 1.83 bits per heavy atom. The van der Waals surface area contributed by atoms with Gasteiger partial charge >= 0.3 is 0 Å². The molecule has 148 valence electrons. The molecule has 0 saturated heterocycles. The summed E-state index contributed by atoms with van der Waals surface area (Å²) in [6.45, 7) is 0. The first-order valence-electron chi connectivity index (χ1n) is 9.95. The Morgan fingerprint density at radius 1 is 1.03 bits per heavy atom. The maximum absolute atomic E-state index is 13.6. The average Bonchev–Trinajstić information content (AvgIpc) is 3.03. The molecule has 0 amide bonds. The molecule has 0 aromatic heterocycles. The Hall–Kier alpha value is -2.16. The fraction of sp³-hybridized carbons (Fsp3) is 0.280. The zero-order chi connectivity index (χ0) is 20.4. The fourth-order valence-electron chi connectivity index (χ4n) is 4.91. The van der Waals surface area contributed by atoms with Crippen LogP contribution in [0.25, 0.3) is 11.6 Å². The van der Waals surface area contributed by atoms with E-state index < -0.39 is 5.41 Å². The van der Waals surface area contributed by atoms with Crippen molar-refractivity contribution in [2.24, 2.45) is 11.3 Å². The standard InChI is InChI=1S/C25H22Cl2O2/c26-22-9-8-17(16-23(22)27)15-19-10-13-25(24(19)29)12-4-7-20(21(25)11-14-28)18-5-2-1-3-6-18/h1-3,5-9,14-16,21H,4,10-13H2/b19-15+/t21-,25+/m0/s1. The number of allylic oxidation sites excluding steroid dienone is 3. The van der Waals surface area contributed by atoms with Crippen LogP contribution in [-0.2, 0) is 9.59 Å². The predicted molar refractivity (Wildman–Crippen MR) is 119 cm³/mol. The molecule has 0 heterocycles. The Bertz CT molecular complexity index is 1010. The zero-order valence-electron chi connectivity index (χ0n) is 16.0. The lowest BCUT2D eigenvalue weighted by atomic mass is 9.62. The highest BCUT2D eigenvalue weighted by Crippen LogP contribution is 2.55. The quantitative estimate of drug-likeness (QED) is 0.398. The molecule has 0 bridgehead atoms. The molecular formula is C25H22Cl2O2. The van der Waals surface area contributed by atoms with Crippen LogP contribution in [-0.4, -0.2) is 12.1 Å². The Morgan fingerprint density at radius 3 is 2.55 bits per heavy atom. The van der Waals surface area contributed by atoms with E-state index in [1.165, 1.54) is 0 Å². The van der Waals surface area contributed by atoms with Crippen molar-refractivity contribution in [2.75, 3.05) is 0 Å². The van der Waals surface area contributed by atoms with Crippen molar-refractivity contribution in [3.63, 3.8) is 0 Å². The molecule has 2 aromatic carbocycles. The van der Waals surface area contributed by atoms with Crippen molar-refractivity contribution in [1.29, 1.82) is 0 Å². The predicted octanol–water partition coefficient (Wildman–Crippen LogP) is 6.81. The van der Waals surface area contributed by atoms with Crippen LogP contribution in [0.4, 0.5) is 0 Å². The number of hydrogen-bond donors (Lipinski definition) is 0. The molecule has 4 heteroatoms. The van der Waals surface area contributed by atoms with Crippen LogP contribution in [0, 0.1) is 11.3 Å². The van der Waals surface area contributed by atoms with Gasteiger partial charge in [-0.1, -0.05) is 65.7 Å². The molecule has 0 N–H and O–H groups in total. The van der Waals surface area contributed by atoms with Crippen molar-refractivity contribution in [3.05, 3.63) is 81.4 Å². The summed E-state index contributed by atoms with van der Waals surface area (Å²) in [4.78, 5) is 25.2. The minimum Gasteiger partial charge on any atom is -0.303 e. The summed E-state index contributed by atoms with van der Waals surface area (Å²) in [6.07, 6.45) is 8.61. The fourth-order valence-corrected chi connectivity index (χ4v) is 5.22. The second-order valence-electron chi connectivity index (χ2n) is 7.85. The molecule has 1 saturated carbocycles. The van der Waals surface area contributed by atoms with E-state index >= 15 is 0 Å². The lowest BCUT2D eigenvalue weighted by molar-refractivity contribution is -0.125. The van der Waals surface area contributed by atoms with Crippen LogP contribution >= 0.6 is 23.2 Å². The van der Waals surface area contributed by atoms with Crippen LogP contribution in [0.2, 0.25) is 10.0 Å². The lowest BCUT2D eigenvalue weighted by Crippen LogP contribution is -2.38. The van der Waals surface area contributed by atoms with Gasteiger partial charge in [-0.05, 0) is 66.2 Å². The number of halogens is 2. The van der Waals surface area contributed by atoms with Gasteiger partial charge in [-0.2, -0.15) is 0 Å². The van der Waals surface area contributed by atoms with Crippen LogP contribution in [0.5, 0.6) is 0 Å². The smallest absolute Gasteiger partial charge is 0.165 e. The largest absolute Gasteiger partial charge is 0.303 e. The first-order chi connectivity index (χ1) is 14.0. The topological polar surface area (TPSA) is 34.1 Å². The van der Waals surface area contributed by atoms with E-state index in [1.807, 2.05) is 30.3 Å². The number of ketones is 1. The summed E-state index contributed by atoms with van der Waals surface area (Å²) in [5.74, 6) is 0.0975. The molecule has 2 aliphatic rings. The van der Waals surface area contributed by atoms with Gasteiger partial charge in [-0.3, -0.25) is 4.79 Å². The molecule has 1 fully saturated rings. The molecule has 4 rings (SSSR count). The maximum Gasteiger partial charge on any atom is 0.165 e. The number of benzene rings is 2. The molecule has 0 aliphatic heterocycles. The Balaban J connectivity index is 1.70. The monoisotopic (exact) mass is 424 g/mol. The zero-order valence-corrected chi connectivity index (χ0v) is 17.5. The van der Waals surface area contributed by atoms with Gasteiger partial charge in [-0.25, -0.2) is 0 Å². The molecular weight excluding hydrogens is 403 g/mol. The third kappa shape index (κ3) is 3.72. The molecule has 2 nitrogen and oxygen atoms in total. The first kappa shape index (κ1) is 20.1. The molecule has 2 aliphatic carbocycles. The number of carbonyl (C=O) groups excluding carboxylic acids is 2. The Kier molecular flexibility index (Phi) is 5.76. The van der Waals surface area contributed by atoms with E-state index in [4.69, 9.17) is 23.2 Å². The van der Waals surface area contributed by atoms with Crippen molar-refractivity contribution >= 4 is 46.9 Å². The molecule has 2 aromatic rings. The Labute approximate surface area is 181 Å². The van der Waals surface area contributed by atoms with Gasteiger partial charge in [-0.15, -0.1) is 0 Å². The number of carbonyl (C=O) groups is 2. The number of aldehydes is 1. The van der Waals surface area contributed by atoms with E-state index in [9.17, 15) is 9.59 Å². The van der Waals surface area contributed by atoms with Gasteiger partial charge < -0.3 is 4.79 Å². The van der Waals surface area contributed by atoms with Crippen molar-refractivity contribution in [1.82, 2.24) is 0 Å². The average molecular weight is 425 g/mol. The van der Waals surface area contributed by atoms with Crippen LogP contribution < -0.4 is 0 Å². The second kappa shape index (κ2) is 8.30. The third-order valence-electron chi connectivity index (χ3n) is 6.31. The summed E-state index contributed by atoms with van der Waals surface area (Å²) in [7, 11) is 0. The van der Waals surface area contributed by atoms with E-state index in [1.54, 1.807) is 12.1 Å². The van der Waals surface area contributed by atoms with Crippen LogP contribution in [0.1, 0.15) is 43.2 Å². The van der Waals surface area contributed by atoms with E-state index in [0.29, 0.717) is 16.5 Å². The van der Waals surface area contributed by atoms with Gasteiger partial charge in [0.05, 0.1) is 10.0 Å². The third-order valence-corrected chi connectivity index (χ3v) is 7.04. The minimum absolute atomic E-state index is 0.0802. The highest BCUT2D eigenvalue weighted by molar-refractivity contribution is 6.42. The first-order valence-corrected chi connectivity index (χ1v) is 10.7. The number of rotatable bonds is 4. The van der Waals surface area contributed by atoms with Gasteiger partial charge in [0.2, 0.25) is 0 Å². The number of Topliss-reactive ketones (excluding diaryl/α,β-unsaturated/α-hetero) is 1. The van der Waals surface area contributed by atoms with Crippen molar-refractivity contribution < 1.29 is 9.59 Å². The summed E-state index contributed by atoms with van der Waals surface area (Å²) < 4.78 is 0. The molecule has 29 heavy (non-hydrogen) atoms. The van der Waals surface area contributed by atoms with Gasteiger partial charge in [0, 0.05) is 17.8 Å². The second-order valence-corrected chi connectivity index (χ2v) is 8.66. The van der Waals surface area contributed by atoms with Gasteiger partial charge in [0.1, 0.15) is 6.29 Å². The number of hydrogen-bond acceptors (Lipinski definition) is 2.